The molecule has 5 heteroatoms. The number of anilines is 1. The van der Waals surface area contributed by atoms with Crippen LogP contribution in [0.4, 0.5) is 5.82 Å². The summed E-state index contributed by atoms with van der Waals surface area (Å²) < 4.78 is 5.69. The first-order valence-electron chi connectivity index (χ1n) is 7.60. The van der Waals surface area contributed by atoms with Crippen LogP contribution in [0.15, 0.2) is 5.03 Å². The van der Waals surface area contributed by atoms with Gasteiger partial charge in [-0.1, -0.05) is 13.8 Å². The van der Waals surface area contributed by atoms with Crippen molar-refractivity contribution < 1.29 is 4.74 Å². The number of nitrogens with one attached hydrogen (secondary N) is 1. The Bertz CT molecular complexity index is 433. The fourth-order valence-electron chi connectivity index (χ4n) is 2.20. The van der Waals surface area contributed by atoms with Crippen molar-refractivity contribution in [2.75, 3.05) is 24.2 Å². The normalized spacial score (nSPS) is 18.4. The molecule has 20 heavy (non-hydrogen) atoms. The van der Waals surface area contributed by atoms with Crippen LogP contribution in [0.2, 0.25) is 0 Å². The highest BCUT2D eigenvalue weighted by Gasteiger charge is 2.17. The zero-order chi connectivity index (χ0) is 14.4. The summed E-state index contributed by atoms with van der Waals surface area (Å²) in [5.41, 5.74) is 1.17. The number of rotatable bonds is 7. The summed E-state index contributed by atoms with van der Waals surface area (Å²) in [5, 5.41) is 4.51. The molecule has 0 aliphatic carbocycles. The second-order valence-electron chi connectivity index (χ2n) is 5.14. The lowest BCUT2D eigenvalue weighted by molar-refractivity contribution is 0.129. The molecule has 4 nitrogen and oxygen atoms in total. The zero-order valence-electron chi connectivity index (χ0n) is 12.7. The lowest BCUT2D eigenvalue weighted by Crippen LogP contribution is -2.11. The minimum absolute atomic E-state index is 0.395. The predicted molar refractivity (Wildman–Crippen MR) is 84.6 cm³/mol. The molecule has 0 spiro atoms. The maximum Gasteiger partial charge on any atom is 0.133 e. The zero-order valence-corrected chi connectivity index (χ0v) is 13.6. The molecular weight excluding hydrogens is 270 g/mol. The first kappa shape index (κ1) is 15.6. The average Bonchev–Trinajstić information content (AvgIpc) is 2.98. The quantitative estimate of drug-likeness (QED) is 0.617. The molecule has 112 valence electrons. The van der Waals surface area contributed by atoms with Crippen molar-refractivity contribution in [2.24, 2.45) is 0 Å². The Morgan fingerprint density at radius 1 is 1.35 bits per heavy atom. The Morgan fingerprint density at radius 3 is 2.85 bits per heavy atom. The minimum Gasteiger partial charge on any atom is -0.377 e. The third kappa shape index (κ3) is 4.09. The van der Waals surface area contributed by atoms with Crippen molar-refractivity contribution in [3.05, 3.63) is 11.4 Å². The van der Waals surface area contributed by atoms with Crippen molar-refractivity contribution in [3.8, 4) is 0 Å². The smallest absolute Gasteiger partial charge is 0.133 e. The SMILES string of the molecule is CCCNc1nc(CC)nc(SCC2CCCO2)c1C. The third-order valence-electron chi connectivity index (χ3n) is 3.44. The van der Waals surface area contributed by atoms with E-state index in [0.29, 0.717) is 6.10 Å². The molecule has 1 saturated heterocycles. The Kier molecular flexibility index (Phi) is 6.10. The molecule has 0 saturated carbocycles. The molecule has 2 heterocycles. The summed E-state index contributed by atoms with van der Waals surface area (Å²) in [7, 11) is 0. The Balaban J connectivity index is 2.08. The van der Waals surface area contributed by atoms with Crippen LogP contribution in [0, 0.1) is 6.92 Å². The molecule has 1 unspecified atom stereocenters. The van der Waals surface area contributed by atoms with E-state index in [2.05, 4.69) is 36.1 Å². The molecule has 1 aromatic rings. The molecule has 0 amide bonds. The summed E-state index contributed by atoms with van der Waals surface area (Å²) in [6.07, 6.45) is 4.74. The van der Waals surface area contributed by atoms with E-state index in [1.165, 1.54) is 18.4 Å². The van der Waals surface area contributed by atoms with E-state index < -0.39 is 0 Å². The van der Waals surface area contributed by atoms with E-state index in [4.69, 9.17) is 4.74 Å². The van der Waals surface area contributed by atoms with Gasteiger partial charge >= 0.3 is 0 Å². The van der Waals surface area contributed by atoms with E-state index >= 15 is 0 Å². The number of aryl methyl sites for hydroxylation is 1. The number of nitrogens with zero attached hydrogens (tertiary/aromatic N) is 2. The van der Waals surface area contributed by atoms with Gasteiger partial charge in [-0.2, -0.15) is 0 Å². The van der Waals surface area contributed by atoms with Gasteiger partial charge in [0.05, 0.1) is 6.10 Å². The summed E-state index contributed by atoms with van der Waals surface area (Å²) in [6.45, 7) is 8.24. The van der Waals surface area contributed by atoms with E-state index in [1.807, 2.05) is 0 Å². The molecule has 0 aromatic carbocycles. The third-order valence-corrected chi connectivity index (χ3v) is 4.65. The van der Waals surface area contributed by atoms with Gasteiger partial charge in [-0.15, -0.1) is 11.8 Å². The molecule has 1 fully saturated rings. The summed E-state index contributed by atoms with van der Waals surface area (Å²) in [6, 6.07) is 0. The second-order valence-corrected chi connectivity index (χ2v) is 6.15. The molecule has 1 N–H and O–H groups in total. The highest BCUT2D eigenvalue weighted by atomic mass is 32.2. The molecule has 1 aliphatic heterocycles. The van der Waals surface area contributed by atoms with Gasteiger partial charge < -0.3 is 10.1 Å². The van der Waals surface area contributed by atoms with Gasteiger partial charge in [0.15, 0.2) is 0 Å². The second kappa shape index (κ2) is 7.84. The summed E-state index contributed by atoms with van der Waals surface area (Å²) in [4.78, 5) is 9.28. The molecule has 0 radical (unpaired) electrons. The molecule has 1 atom stereocenters. The van der Waals surface area contributed by atoms with Gasteiger partial charge in [-0.05, 0) is 26.2 Å². The van der Waals surface area contributed by atoms with Crippen molar-refractivity contribution in [1.82, 2.24) is 9.97 Å². The summed E-state index contributed by atoms with van der Waals surface area (Å²) >= 11 is 1.81. The first-order valence-corrected chi connectivity index (χ1v) is 8.59. The Morgan fingerprint density at radius 2 is 2.20 bits per heavy atom. The van der Waals surface area contributed by atoms with Crippen LogP contribution in [0.1, 0.15) is 44.5 Å². The van der Waals surface area contributed by atoms with Crippen LogP contribution in [0.3, 0.4) is 0 Å². The molecule has 1 aliphatic rings. The van der Waals surface area contributed by atoms with E-state index in [1.54, 1.807) is 11.8 Å². The number of aromatic nitrogens is 2. The largest absolute Gasteiger partial charge is 0.377 e. The number of hydrogen-bond acceptors (Lipinski definition) is 5. The molecule has 2 rings (SSSR count). The highest BCUT2D eigenvalue weighted by molar-refractivity contribution is 7.99. The van der Waals surface area contributed by atoms with Gasteiger partial charge in [-0.3, -0.25) is 0 Å². The number of thioether (sulfide) groups is 1. The maximum atomic E-state index is 5.69. The molecule has 1 aromatic heterocycles. The lowest BCUT2D eigenvalue weighted by atomic mass is 10.3. The lowest BCUT2D eigenvalue weighted by Gasteiger charge is -2.14. The van der Waals surface area contributed by atoms with Crippen LogP contribution in [-0.4, -0.2) is 35.0 Å². The average molecular weight is 295 g/mol. The van der Waals surface area contributed by atoms with Crippen LogP contribution >= 0.6 is 11.8 Å². The van der Waals surface area contributed by atoms with Crippen LogP contribution < -0.4 is 5.32 Å². The highest BCUT2D eigenvalue weighted by Crippen LogP contribution is 2.28. The Hall–Kier alpha value is -0.810. The van der Waals surface area contributed by atoms with Crippen molar-refractivity contribution >= 4 is 17.6 Å². The van der Waals surface area contributed by atoms with Crippen LogP contribution in [-0.2, 0) is 11.2 Å². The predicted octanol–water partition coefficient (Wildman–Crippen LogP) is 3.44. The standard InChI is InChI=1S/C15H25N3OS/c1-4-8-16-14-11(3)15(18-13(5-2)17-14)20-10-12-7-6-9-19-12/h12H,4-10H2,1-3H3,(H,16,17,18). The minimum atomic E-state index is 0.395. The van der Waals surface area contributed by atoms with Crippen LogP contribution in [0.5, 0.6) is 0 Å². The van der Waals surface area contributed by atoms with Gasteiger partial charge in [0.1, 0.15) is 16.7 Å². The molecule has 0 bridgehead atoms. The van der Waals surface area contributed by atoms with E-state index in [9.17, 15) is 0 Å². The van der Waals surface area contributed by atoms with Gasteiger partial charge in [0.25, 0.3) is 0 Å². The van der Waals surface area contributed by atoms with Gasteiger partial charge in [0, 0.05) is 30.9 Å². The van der Waals surface area contributed by atoms with Crippen LogP contribution in [0.25, 0.3) is 0 Å². The molecular formula is C15H25N3OS. The van der Waals surface area contributed by atoms with E-state index in [0.717, 1.165) is 48.4 Å². The van der Waals surface area contributed by atoms with Crippen molar-refractivity contribution in [2.45, 2.75) is 57.6 Å². The maximum absolute atomic E-state index is 5.69. The number of hydrogen-bond donors (Lipinski definition) is 1. The summed E-state index contributed by atoms with van der Waals surface area (Å²) in [5.74, 6) is 2.91. The number of ether oxygens (including phenoxy) is 1. The monoisotopic (exact) mass is 295 g/mol. The fraction of sp³-hybridized carbons (Fsp3) is 0.733. The fourth-order valence-corrected chi connectivity index (χ4v) is 3.29. The van der Waals surface area contributed by atoms with Gasteiger partial charge in [0.2, 0.25) is 0 Å². The first-order chi connectivity index (χ1) is 9.74. The van der Waals surface area contributed by atoms with Crippen molar-refractivity contribution in [3.63, 3.8) is 0 Å². The Labute approximate surface area is 126 Å². The van der Waals surface area contributed by atoms with E-state index in [-0.39, 0.29) is 0 Å². The van der Waals surface area contributed by atoms with Gasteiger partial charge in [-0.25, -0.2) is 9.97 Å². The van der Waals surface area contributed by atoms with Crippen molar-refractivity contribution in [1.29, 1.82) is 0 Å². The topological polar surface area (TPSA) is 47.0 Å².